The SMILES string of the molecule is N#Cc1ccc(-c2nc(-c3ccccc3)nc(-c3ccccc3)n2)cc1C1(c2cccc(-c3nc(-c4ccccc4)nc(-c4ccccc4)n3)c2)C2CC3CC4CC1C342. The maximum atomic E-state index is 10.9. The molecular weight excluding hydrogens is 723 g/mol. The summed E-state index contributed by atoms with van der Waals surface area (Å²) in [6.07, 6.45) is 3.70. The second-order valence-corrected chi connectivity index (χ2v) is 16.6. The van der Waals surface area contributed by atoms with Gasteiger partial charge in [0.2, 0.25) is 0 Å². The first-order valence-electron chi connectivity index (χ1n) is 20.5. The molecule has 0 aliphatic heterocycles. The van der Waals surface area contributed by atoms with Gasteiger partial charge < -0.3 is 0 Å². The van der Waals surface area contributed by atoms with E-state index in [2.05, 4.69) is 36.4 Å². The molecule has 6 aromatic carbocycles. The zero-order chi connectivity index (χ0) is 39.1. The second kappa shape index (κ2) is 12.9. The molecule has 0 radical (unpaired) electrons. The molecule has 0 N–H and O–H groups in total. The van der Waals surface area contributed by atoms with Gasteiger partial charge in [-0.1, -0.05) is 140 Å². The van der Waals surface area contributed by atoms with Crippen LogP contribution in [0.15, 0.2) is 164 Å². The Balaban J connectivity index is 1.03. The average molecular weight is 760 g/mol. The molecule has 4 fully saturated rings. The van der Waals surface area contributed by atoms with Crippen molar-refractivity contribution in [3.8, 4) is 74.4 Å². The standard InChI is InChI=1S/C52H37N7/c53-31-38-25-24-37(50-58-47(34-18-9-3-10-19-34)55-48(59-50)35-20-11-4-12-21-35)27-42(38)52(43-29-40-28-41-30-44(52)51(40,41)43)39-23-13-22-36(26-39)49-56-45(32-14-5-1-6-15-32)54-46(57-49)33-16-7-2-8-17-33/h1-27,40-41,43-44H,28-30H2. The van der Waals surface area contributed by atoms with Gasteiger partial charge in [0.1, 0.15) is 0 Å². The highest BCUT2D eigenvalue weighted by Gasteiger charge is 2.89. The van der Waals surface area contributed by atoms with E-state index in [0.29, 0.717) is 57.8 Å². The Morgan fingerprint density at radius 1 is 0.407 bits per heavy atom. The fraction of sp³-hybridized carbons (Fsp3) is 0.173. The van der Waals surface area contributed by atoms with Gasteiger partial charge in [0.15, 0.2) is 34.9 Å². The minimum absolute atomic E-state index is 0.348. The number of nitriles is 1. The highest BCUT2D eigenvalue weighted by Crippen LogP contribution is 2.93. The molecule has 2 heterocycles. The van der Waals surface area contributed by atoms with Crippen LogP contribution in [0.25, 0.3) is 68.3 Å². The number of hydrogen-bond donors (Lipinski definition) is 0. The minimum Gasteiger partial charge on any atom is -0.208 e. The van der Waals surface area contributed by atoms with Crippen molar-refractivity contribution in [3.63, 3.8) is 0 Å². The number of nitrogens with zero attached hydrogens (tertiary/aromatic N) is 7. The highest BCUT2D eigenvalue weighted by molar-refractivity contribution is 5.72. The van der Waals surface area contributed by atoms with Crippen molar-refractivity contribution < 1.29 is 0 Å². The van der Waals surface area contributed by atoms with Crippen molar-refractivity contribution >= 4 is 0 Å². The van der Waals surface area contributed by atoms with E-state index < -0.39 is 0 Å². The maximum absolute atomic E-state index is 10.9. The molecule has 0 saturated heterocycles. The van der Waals surface area contributed by atoms with Crippen molar-refractivity contribution in [2.75, 3.05) is 0 Å². The van der Waals surface area contributed by atoms with E-state index in [1.807, 2.05) is 133 Å². The van der Waals surface area contributed by atoms with E-state index in [1.54, 1.807) is 0 Å². The Bertz CT molecular complexity index is 2830. The third kappa shape index (κ3) is 4.87. The first-order valence-corrected chi connectivity index (χ1v) is 20.5. The lowest BCUT2D eigenvalue weighted by molar-refractivity contribution is -0.413. The van der Waals surface area contributed by atoms with Crippen LogP contribution in [0, 0.1) is 40.4 Å². The van der Waals surface area contributed by atoms with Crippen LogP contribution in [0.5, 0.6) is 0 Å². The van der Waals surface area contributed by atoms with Crippen LogP contribution in [-0.2, 0) is 5.41 Å². The van der Waals surface area contributed by atoms with Gasteiger partial charge in [-0.2, -0.15) is 5.26 Å². The molecule has 0 bridgehead atoms. The lowest BCUT2D eigenvalue weighted by atomic mass is 9.11. The van der Waals surface area contributed by atoms with E-state index in [0.717, 1.165) is 50.8 Å². The first kappa shape index (κ1) is 33.9. The zero-order valence-corrected chi connectivity index (χ0v) is 32.1. The molecule has 1 spiro atoms. The smallest absolute Gasteiger partial charge is 0.164 e. The fourth-order valence-corrected chi connectivity index (χ4v) is 11.7. The van der Waals surface area contributed by atoms with Crippen molar-refractivity contribution in [1.29, 1.82) is 5.26 Å². The van der Waals surface area contributed by atoms with Crippen LogP contribution < -0.4 is 0 Å². The number of aromatic nitrogens is 6. The van der Waals surface area contributed by atoms with Gasteiger partial charge in [-0.05, 0) is 83.7 Å². The van der Waals surface area contributed by atoms with E-state index in [1.165, 1.54) is 24.8 Å². The second-order valence-electron chi connectivity index (χ2n) is 16.6. The van der Waals surface area contributed by atoms with Crippen LogP contribution in [-0.4, -0.2) is 29.9 Å². The fourth-order valence-electron chi connectivity index (χ4n) is 11.7. The number of hydrogen-bond acceptors (Lipinski definition) is 7. The van der Waals surface area contributed by atoms with Gasteiger partial charge in [-0.25, -0.2) is 29.9 Å². The Hall–Kier alpha value is -7.17. The Morgan fingerprint density at radius 3 is 1.20 bits per heavy atom. The molecule has 12 rings (SSSR count). The molecule has 4 unspecified atom stereocenters. The average Bonchev–Trinajstić information content (AvgIpc) is 3.29. The lowest BCUT2D eigenvalue weighted by Gasteiger charge is -2.92. The number of rotatable bonds is 8. The monoisotopic (exact) mass is 759 g/mol. The summed E-state index contributed by atoms with van der Waals surface area (Å²) in [7, 11) is 0. The predicted octanol–water partition coefficient (Wildman–Crippen LogP) is 10.9. The van der Waals surface area contributed by atoms with Gasteiger partial charge in [0.25, 0.3) is 0 Å². The van der Waals surface area contributed by atoms with E-state index >= 15 is 0 Å². The third-order valence-electron chi connectivity index (χ3n) is 14.2. The summed E-state index contributed by atoms with van der Waals surface area (Å²) in [6.45, 7) is 0. The summed E-state index contributed by atoms with van der Waals surface area (Å²) in [5.74, 6) is 6.21. The quantitative estimate of drug-likeness (QED) is 0.152. The predicted molar refractivity (Wildman–Crippen MR) is 228 cm³/mol. The largest absolute Gasteiger partial charge is 0.208 e. The van der Waals surface area contributed by atoms with Gasteiger partial charge >= 0.3 is 0 Å². The first-order chi connectivity index (χ1) is 29.1. The molecule has 8 aromatic rings. The molecule has 4 aliphatic rings. The van der Waals surface area contributed by atoms with Crippen LogP contribution in [0.3, 0.4) is 0 Å². The van der Waals surface area contributed by atoms with E-state index in [9.17, 15) is 5.26 Å². The highest BCUT2D eigenvalue weighted by atomic mass is 15.0. The molecule has 4 atom stereocenters. The summed E-state index contributed by atoms with van der Waals surface area (Å²) in [5.41, 5.74) is 8.59. The van der Waals surface area contributed by atoms with Crippen LogP contribution >= 0.6 is 0 Å². The normalized spacial score (nSPS) is 24.2. The Morgan fingerprint density at radius 2 is 0.797 bits per heavy atom. The summed E-state index contributed by atoms with van der Waals surface area (Å²) < 4.78 is 0. The molecule has 7 nitrogen and oxygen atoms in total. The van der Waals surface area contributed by atoms with Crippen LogP contribution in [0.4, 0.5) is 0 Å². The van der Waals surface area contributed by atoms with Crippen molar-refractivity contribution in [1.82, 2.24) is 29.9 Å². The lowest BCUT2D eigenvalue weighted by Crippen LogP contribution is -2.89. The molecule has 2 aromatic heterocycles. The Labute approximate surface area is 342 Å². The molecule has 280 valence electrons. The van der Waals surface area contributed by atoms with Gasteiger partial charge in [-0.3, -0.25) is 0 Å². The van der Waals surface area contributed by atoms with Crippen LogP contribution in [0.2, 0.25) is 0 Å². The minimum atomic E-state index is -0.348. The van der Waals surface area contributed by atoms with Gasteiger partial charge in [0, 0.05) is 38.8 Å². The topological polar surface area (TPSA) is 101 Å². The molecule has 4 aliphatic carbocycles. The Kier molecular flexibility index (Phi) is 7.43. The van der Waals surface area contributed by atoms with E-state index in [4.69, 9.17) is 29.9 Å². The van der Waals surface area contributed by atoms with E-state index in [-0.39, 0.29) is 5.41 Å². The van der Waals surface area contributed by atoms with Crippen molar-refractivity contribution in [2.45, 2.75) is 24.7 Å². The summed E-state index contributed by atoms with van der Waals surface area (Å²) in [5, 5.41) is 10.9. The third-order valence-corrected chi connectivity index (χ3v) is 14.2. The van der Waals surface area contributed by atoms with Crippen molar-refractivity contribution in [3.05, 3.63) is 180 Å². The van der Waals surface area contributed by atoms with Crippen LogP contribution in [0.1, 0.15) is 36.0 Å². The van der Waals surface area contributed by atoms with Gasteiger partial charge in [-0.15, -0.1) is 0 Å². The summed E-state index contributed by atoms with van der Waals surface area (Å²) in [6, 6.07) is 58.1. The molecular formula is C52H37N7. The maximum Gasteiger partial charge on any atom is 0.164 e. The summed E-state index contributed by atoms with van der Waals surface area (Å²) in [4.78, 5) is 30.3. The zero-order valence-electron chi connectivity index (χ0n) is 32.1. The molecule has 59 heavy (non-hydrogen) atoms. The molecule has 7 heteroatoms. The molecule has 4 saturated carbocycles. The van der Waals surface area contributed by atoms with Gasteiger partial charge in [0.05, 0.1) is 11.6 Å². The molecule has 0 amide bonds. The van der Waals surface area contributed by atoms with Crippen molar-refractivity contribution in [2.24, 2.45) is 29.1 Å². The number of benzene rings is 6. The summed E-state index contributed by atoms with van der Waals surface area (Å²) >= 11 is 0.